The number of hydrogen-bond acceptors (Lipinski definition) is 6. The van der Waals surface area contributed by atoms with Crippen LogP contribution < -0.4 is 5.73 Å². The molecule has 0 aliphatic heterocycles. The lowest BCUT2D eigenvalue weighted by Crippen LogP contribution is -1.80. The topological polar surface area (TPSA) is 101 Å². The van der Waals surface area contributed by atoms with Crippen LogP contribution >= 0.6 is 11.3 Å². The highest BCUT2D eigenvalue weighted by Crippen LogP contribution is 2.30. The summed E-state index contributed by atoms with van der Waals surface area (Å²) in [6.45, 7) is 0. The van der Waals surface area contributed by atoms with E-state index in [4.69, 9.17) is 5.73 Å². The van der Waals surface area contributed by atoms with Crippen molar-refractivity contribution < 1.29 is 5.11 Å². The molecular weight excluding hydrogens is 250 g/mol. The molecule has 90 valence electrons. The summed E-state index contributed by atoms with van der Waals surface area (Å²) in [5.74, 6) is 0.187. The number of para-hydroxylation sites is 1. The van der Waals surface area contributed by atoms with Crippen molar-refractivity contribution in [2.75, 3.05) is 5.73 Å². The van der Waals surface area contributed by atoms with Crippen LogP contribution in [0.1, 0.15) is 0 Å². The molecule has 0 bridgehead atoms. The second kappa shape index (κ2) is 4.11. The Morgan fingerprint density at radius 1 is 1.22 bits per heavy atom. The van der Waals surface area contributed by atoms with Crippen LogP contribution in [0.3, 0.4) is 0 Å². The number of nitrogens with two attached hydrogens (primary N) is 1. The highest BCUT2D eigenvalue weighted by molar-refractivity contribution is 7.18. The van der Waals surface area contributed by atoms with Crippen LogP contribution in [0.5, 0.6) is 5.75 Å². The number of nitrogen functional groups attached to an aromatic ring is 1. The second-order valence-corrected chi connectivity index (χ2v) is 4.64. The van der Waals surface area contributed by atoms with Gasteiger partial charge in [0, 0.05) is 5.56 Å². The van der Waals surface area contributed by atoms with E-state index >= 15 is 0 Å². The van der Waals surface area contributed by atoms with Crippen molar-refractivity contribution in [2.45, 2.75) is 0 Å². The smallest absolute Gasteiger partial charge is 0.203 e. The van der Waals surface area contributed by atoms with Gasteiger partial charge in [0.15, 0.2) is 5.01 Å². The van der Waals surface area contributed by atoms with Crippen LogP contribution in [0, 0.1) is 0 Å². The Morgan fingerprint density at radius 3 is 2.78 bits per heavy atom. The van der Waals surface area contributed by atoms with Crippen LogP contribution in [0.2, 0.25) is 0 Å². The standard InChI is InChI=1S/C11H9N5OS/c12-11-16-15-10(18-11)8-5-7(13-14-8)6-3-1-2-4-9(6)17/h1-5,17H,(H2,12,16)(H,13,14). The first-order valence-corrected chi connectivity index (χ1v) is 5.99. The number of nitrogens with one attached hydrogen (secondary N) is 1. The first-order chi connectivity index (χ1) is 8.74. The summed E-state index contributed by atoms with van der Waals surface area (Å²) in [6, 6.07) is 8.82. The van der Waals surface area contributed by atoms with Crippen LogP contribution in [0.15, 0.2) is 30.3 Å². The zero-order valence-electron chi connectivity index (χ0n) is 9.16. The van der Waals surface area contributed by atoms with Gasteiger partial charge in [-0.25, -0.2) is 0 Å². The lowest BCUT2D eigenvalue weighted by Gasteiger charge is -1.98. The van der Waals surface area contributed by atoms with Crippen molar-refractivity contribution in [3.63, 3.8) is 0 Å². The lowest BCUT2D eigenvalue weighted by atomic mass is 10.1. The van der Waals surface area contributed by atoms with E-state index in [1.807, 2.05) is 6.07 Å². The van der Waals surface area contributed by atoms with Gasteiger partial charge in [-0.05, 0) is 18.2 Å². The minimum Gasteiger partial charge on any atom is -0.507 e. The van der Waals surface area contributed by atoms with E-state index in [1.165, 1.54) is 11.3 Å². The van der Waals surface area contributed by atoms with Gasteiger partial charge in [0.1, 0.15) is 5.75 Å². The number of phenolic OH excluding ortho intramolecular Hbond substituents is 1. The summed E-state index contributed by atoms with van der Waals surface area (Å²) >= 11 is 1.28. The molecule has 6 nitrogen and oxygen atoms in total. The molecular formula is C11H9N5OS. The molecule has 18 heavy (non-hydrogen) atoms. The Labute approximate surface area is 106 Å². The molecule has 0 saturated carbocycles. The van der Waals surface area contributed by atoms with Gasteiger partial charge in [-0.3, -0.25) is 5.10 Å². The van der Waals surface area contributed by atoms with Gasteiger partial charge in [-0.1, -0.05) is 23.5 Å². The molecule has 2 aromatic heterocycles. The lowest BCUT2D eigenvalue weighted by molar-refractivity contribution is 0.477. The number of benzene rings is 1. The maximum Gasteiger partial charge on any atom is 0.203 e. The van der Waals surface area contributed by atoms with Crippen molar-refractivity contribution >= 4 is 16.5 Å². The summed E-state index contributed by atoms with van der Waals surface area (Å²) in [7, 11) is 0. The Bertz CT molecular complexity index is 690. The number of rotatable bonds is 2. The zero-order chi connectivity index (χ0) is 12.5. The average Bonchev–Trinajstić information content (AvgIpc) is 2.98. The second-order valence-electron chi connectivity index (χ2n) is 3.63. The van der Waals surface area contributed by atoms with Crippen molar-refractivity contribution in [2.24, 2.45) is 0 Å². The monoisotopic (exact) mass is 259 g/mol. The van der Waals surface area contributed by atoms with E-state index in [9.17, 15) is 5.11 Å². The summed E-state index contributed by atoms with van der Waals surface area (Å²) in [5, 5.41) is 25.5. The number of H-pyrrole nitrogens is 1. The molecule has 0 saturated heterocycles. The summed E-state index contributed by atoms with van der Waals surface area (Å²) in [6.07, 6.45) is 0. The molecule has 3 aromatic rings. The van der Waals surface area contributed by atoms with E-state index in [2.05, 4.69) is 20.4 Å². The highest BCUT2D eigenvalue weighted by atomic mass is 32.1. The molecule has 4 N–H and O–H groups in total. The van der Waals surface area contributed by atoms with E-state index in [0.29, 0.717) is 21.4 Å². The van der Waals surface area contributed by atoms with Gasteiger partial charge < -0.3 is 10.8 Å². The maximum absolute atomic E-state index is 9.75. The zero-order valence-corrected chi connectivity index (χ0v) is 9.98. The molecule has 0 atom stereocenters. The maximum atomic E-state index is 9.75. The van der Waals surface area contributed by atoms with Crippen LogP contribution in [0.25, 0.3) is 22.0 Å². The molecule has 0 unspecified atom stereocenters. The van der Waals surface area contributed by atoms with E-state index in [1.54, 1.807) is 24.3 Å². The molecule has 0 amide bonds. The SMILES string of the molecule is Nc1nnc(-c2cc(-c3ccccc3O)n[nH]2)s1. The molecule has 1 aromatic carbocycles. The Balaban J connectivity index is 2.02. The Kier molecular flexibility index (Phi) is 2.45. The van der Waals surface area contributed by atoms with E-state index in [-0.39, 0.29) is 5.75 Å². The molecule has 0 radical (unpaired) electrons. The van der Waals surface area contributed by atoms with Crippen molar-refractivity contribution in [1.29, 1.82) is 0 Å². The molecule has 2 heterocycles. The van der Waals surface area contributed by atoms with Crippen molar-refractivity contribution in [3.05, 3.63) is 30.3 Å². The number of aromatic amines is 1. The van der Waals surface area contributed by atoms with Crippen molar-refractivity contribution in [3.8, 4) is 27.7 Å². The van der Waals surface area contributed by atoms with Gasteiger partial charge in [-0.15, -0.1) is 10.2 Å². The van der Waals surface area contributed by atoms with Gasteiger partial charge >= 0.3 is 0 Å². The Hall–Kier alpha value is -2.41. The Morgan fingerprint density at radius 2 is 2.06 bits per heavy atom. The molecule has 0 aliphatic carbocycles. The predicted molar refractivity (Wildman–Crippen MR) is 69.0 cm³/mol. The fourth-order valence-electron chi connectivity index (χ4n) is 1.60. The minimum atomic E-state index is 0.187. The summed E-state index contributed by atoms with van der Waals surface area (Å²) in [5.41, 5.74) is 7.57. The first kappa shape index (κ1) is 10.7. The number of hydrogen-bond donors (Lipinski definition) is 3. The number of aromatic nitrogens is 4. The van der Waals surface area contributed by atoms with Crippen LogP contribution in [-0.4, -0.2) is 25.5 Å². The quantitative estimate of drug-likeness (QED) is 0.652. The van der Waals surface area contributed by atoms with Gasteiger partial charge in [0.05, 0.1) is 11.4 Å². The van der Waals surface area contributed by atoms with E-state index in [0.717, 1.165) is 5.69 Å². The van der Waals surface area contributed by atoms with Crippen LogP contribution in [-0.2, 0) is 0 Å². The number of aromatic hydroxyl groups is 1. The van der Waals surface area contributed by atoms with Crippen molar-refractivity contribution in [1.82, 2.24) is 20.4 Å². The van der Waals surface area contributed by atoms with Crippen LogP contribution in [0.4, 0.5) is 5.13 Å². The summed E-state index contributed by atoms with van der Waals surface area (Å²) in [4.78, 5) is 0. The molecule has 0 spiro atoms. The third-order valence-corrected chi connectivity index (χ3v) is 3.21. The number of anilines is 1. The minimum absolute atomic E-state index is 0.187. The highest BCUT2D eigenvalue weighted by Gasteiger charge is 2.11. The summed E-state index contributed by atoms with van der Waals surface area (Å²) < 4.78 is 0. The largest absolute Gasteiger partial charge is 0.507 e. The van der Waals surface area contributed by atoms with Gasteiger partial charge in [0.2, 0.25) is 5.13 Å². The van der Waals surface area contributed by atoms with E-state index < -0.39 is 0 Å². The average molecular weight is 259 g/mol. The fraction of sp³-hybridized carbons (Fsp3) is 0. The molecule has 0 aliphatic rings. The normalized spacial score (nSPS) is 10.7. The predicted octanol–water partition coefficient (Wildman–Crippen LogP) is 1.88. The molecule has 7 heteroatoms. The number of phenols is 1. The molecule has 0 fully saturated rings. The fourth-order valence-corrected chi connectivity index (χ4v) is 2.18. The third kappa shape index (κ3) is 1.80. The third-order valence-electron chi connectivity index (χ3n) is 2.43. The molecule has 3 rings (SSSR count). The van der Waals surface area contributed by atoms with Gasteiger partial charge in [0.25, 0.3) is 0 Å². The van der Waals surface area contributed by atoms with Gasteiger partial charge in [-0.2, -0.15) is 5.10 Å². The first-order valence-electron chi connectivity index (χ1n) is 5.17. The number of nitrogens with zero attached hydrogens (tertiary/aromatic N) is 3.